The molecule has 3 heterocycles. The number of fused-ring (bicyclic) bond motifs is 1. The smallest absolute Gasteiger partial charge is 0.410 e. The van der Waals surface area contributed by atoms with Crippen LogP contribution in [0.25, 0.3) is 0 Å². The van der Waals surface area contributed by atoms with E-state index < -0.39 is 17.9 Å². The van der Waals surface area contributed by atoms with Crippen molar-refractivity contribution in [2.45, 2.75) is 45.6 Å². The Morgan fingerprint density at radius 3 is 2.48 bits per heavy atom. The summed E-state index contributed by atoms with van der Waals surface area (Å²) in [6.07, 6.45) is -0.0942. The van der Waals surface area contributed by atoms with Gasteiger partial charge in [0.05, 0.1) is 17.5 Å². The van der Waals surface area contributed by atoms with Crippen molar-refractivity contribution in [2.75, 3.05) is 26.2 Å². The maximum absolute atomic E-state index is 13.0. The number of piperazine rings is 1. The molecule has 3 N–H and O–H groups in total. The topological polar surface area (TPSA) is 117 Å². The van der Waals surface area contributed by atoms with Crippen LogP contribution >= 0.6 is 0 Å². The molecule has 3 aliphatic rings. The van der Waals surface area contributed by atoms with E-state index >= 15 is 0 Å². The fraction of sp³-hybridized carbons (Fsp3) is 0.545. The molecule has 4 amide bonds. The zero-order valence-electron chi connectivity index (χ0n) is 18.0. The van der Waals surface area contributed by atoms with Crippen LogP contribution in [0.15, 0.2) is 12.1 Å². The number of hydrogen-bond acceptors (Lipinski definition) is 6. The highest BCUT2D eigenvalue weighted by Gasteiger charge is 2.42. The number of rotatable bonds is 2. The van der Waals surface area contributed by atoms with E-state index in [0.29, 0.717) is 37.3 Å². The van der Waals surface area contributed by atoms with Gasteiger partial charge in [-0.3, -0.25) is 19.7 Å². The van der Waals surface area contributed by atoms with Gasteiger partial charge < -0.3 is 20.3 Å². The van der Waals surface area contributed by atoms with Crippen LogP contribution in [0, 0.1) is 5.41 Å². The number of nitrogens with one attached hydrogen (secondary N) is 3. The molecule has 0 saturated carbocycles. The van der Waals surface area contributed by atoms with E-state index in [2.05, 4.69) is 16.0 Å². The molecule has 0 bridgehead atoms. The zero-order chi connectivity index (χ0) is 22.3. The Morgan fingerprint density at radius 1 is 1.13 bits per heavy atom. The van der Waals surface area contributed by atoms with E-state index in [9.17, 15) is 19.2 Å². The van der Waals surface area contributed by atoms with Gasteiger partial charge in [-0.25, -0.2) is 4.79 Å². The van der Waals surface area contributed by atoms with Crippen molar-refractivity contribution < 1.29 is 23.9 Å². The number of hydrogen-bond donors (Lipinski definition) is 3. The van der Waals surface area contributed by atoms with Gasteiger partial charge in [0, 0.05) is 38.2 Å². The van der Waals surface area contributed by atoms with Crippen LogP contribution in [-0.4, -0.2) is 54.9 Å². The number of carbonyl (C=O) groups is 4. The summed E-state index contributed by atoms with van der Waals surface area (Å²) in [5.74, 6) is -1.67. The van der Waals surface area contributed by atoms with E-state index in [-0.39, 0.29) is 41.9 Å². The Kier molecular flexibility index (Phi) is 5.47. The van der Waals surface area contributed by atoms with Gasteiger partial charge >= 0.3 is 6.09 Å². The van der Waals surface area contributed by atoms with Gasteiger partial charge in [0.1, 0.15) is 5.75 Å². The first kappa shape index (κ1) is 21.3. The maximum Gasteiger partial charge on any atom is 0.415 e. The minimum absolute atomic E-state index is 0.162. The van der Waals surface area contributed by atoms with Crippen LogP contribution < -0.4 is 20.7 Å². The first-order chi connectivity index (χ1) is 14.7. The third kappa shape index (κ3) is 4.01. The molecule has 1 aromatic rings. The molecule has 4 rings (SSSR count). The summed E-state index contributed by atoms with van der Waals surface area (Å²) in [4.78, 5) is 51.8. The largest absolute Gasteiger partial charge is 0.415 e. The predicted octanol–water partition coefficient (Wildman–Crippen LogP) is 1.44. The number of imide groups is 1. The van der Waals surface area contributed by atoms with Crippen molar-refractivity contribution in [3.8, 4) is 5.75 Å². The fourth-order valence-electron chi connectivity index (χ4n) is 4.49. The predicted molar refractivity (Wildman–Crippen MR) is 112 cm³/mol. The first-order valence-electron chi connectivity index (χ1n) is 10.7. The second-order valence-electron chi connectivity index (χ2n) is 9.32. The third-order valence-corrected chi connectivity index (χ3v) is 6.08. The Balaban J connectivity index is 1.77. The minimum atomic E-state index is -0.747. The molecule has 0 spiro atoms. The molecule has 166 valence electrons. The van der Waals surface area contributed by atoms with Crippen molar-refractivity contribution in [1.82, 2.24) is 20.9 Å². The summed E-state index contributed by atoms with van der Waals surface area (Å²) in [5.41, 5.74) is 1.29. The molecule has 2 atom stereocenters. The lowest BCUT2D eigenvalue weighted by Crippen LogP contribution is -2.47. The minimum Gasteiger partial charge on any atom is -0.410 e. The average molecular weight is 428 g/mol. The molecule has 9 heteroatoms. The second-order valence-corrected chi connectivity index (χ2v) is 9.32. The van der Waals surface area contributed by atoms with E-state index in [0.717, 1.165) is 5.56 Å². The SMILES string of the molecule is CC(C)(C)C1NC(=O)c2c1ccc(OC(=O)N1CCNCC1)c2C1CCC(=O)NC1=O. The summed E-state index contributed by atoms with van der Waals surface area (Å²) in [6.45, 7) is 8.46. The summed E-state index contributed by atoms with van der Waals surface area (Å²) in [6, 6.07) is 3.22. The average Bonchev–Trinajstić information content (AvgIpc) is 3.06. The summed E-state index contributed by atoms with van der Waals surface area (Å²) < 4.78 is 5.72. The molecular formula is C22H28N4O5. The second kappa shape index (κ2) is 7.96. The molecule has 1 aromatic carbocycles. The van der Waals surface area contributed by atoms with E-state index in [1.54, 1.807) is 17.0 Å². The van der Waals surface area contributed by atoms with Gasteiger partial charge in [0.15, 0.2) is 0 Å². The molecular weight excluding hydrogens is 400 g/mol. The Morgan fingerprint density at radius 2 is 1.84 bits per heavy atom. The van der Waals surface area contributed by atoms with Crippen molar-refractivity contribution >= 4 is 23.8 Å². The van der Waals surface area contributed by atoms with Crippen molar-refractivity contribution in [3.05, 3.63) is 28.8 Å². The number of nitrogens with zero attached hydrogens (tertiary/aromatic N) is 1. The normalized spacial score (nSPS) is 23.8. The van der Waals surface area contributed by atoms with E-state index in [1.807, 2.05) is 20.8 Å². The lowest BCUT2D eigenvalue weighted by atomic mass is 9.80. The van der Waals surface area contributed by atoms with Crippen LogP contribution in [-0.2, 0) is 9.59 Å². The Bertz CT molecular complexity index is 946. The molecule has 9 nitrogen and oxygen atoms in total. The first-order valence-corrected chi connectivity index (χ1v) is 10.7. The number of amides is 4. The van der Waals surface area contributed by atoms with Gasteiger partial charge in [-0.05, 0) is 23.5 Å². The lowest BCUT2D eigenvalue weighted by molar-refractivity contribution is -0.134. The van der Waals surface area contributed by atoms with Gasteiger partial charge in [-0.2, -0.15) is 0 Å². The van der Waals surface area contributed by atoms with Gasteiger partial charge in [0.2, 0.25) is 11.8 Å². The van der Waals surface area contributed by atoms with E-state index in [4.69, 9.17) is 4.74 Å². The quantitative estimate of drug-likeness (QED) is 0.614. The number of ether oxygens (including phenoxy) is 1. The number of piperidine rings is 1. The van der Waals surface area contributed by atoms with Crippen molar-refractivity contribution in [2.24, 2.45) is 5.41 Å². The summed E-state index contributed by atoms with van der Waals surface area (Å²) in [5, 5.41) is 8.54. The molecule has 2 fully saturated rings. The van der Waals surface area contributed by atoms with Crippen LogP contribution in [0.3, 0.4) is 0 Å². The standard InChI is InChI=1S/C22H28N4O5/c1-22(2,3)18-12-4-6-14(31-21(30)26-10-8-23-9-11-26)16(17(12)20(29)25-18)13-5-7-15(27)24-19(13)28/h4,6,13,18,23H,5,7-11H2,1-3H3,(H,25,29)(H,24,27,28). The van der Waals surface area contributed by atoms with Crippen molar-refractivity contribution in [3.63, 3.8) is 0 Å². The fourth-order valence-corrected chi connectivity index (χ4v) is 4.49. The van der Waals surface area contributed by atoms with Gasteiger partial charge in [-0.15, -0.1) is 0 Å². The molecule has 2 unspecified atom stereocenters. The maximum atomic E-state index is 13.0. The summed E-state index contributed by atoms with van der Waals surface area (Å²) in [7, 11) is 0. The number of carbonyl (C=O) groups excluding carboxylic acids is 4. The van der Waals surface area contributed by atoms with Crippen LogP contribution in [0.2, 0.25) is 0 Å². The van der Waals surface area contributed by atoms with Crippen LogP contribution in [0.1, 0.15) is 67.1 Å². The van der Waals surface area contributed by atoms with Gasteiger partial charge in [-0.1, -0.05) is 26.8 Å². The monoisotopic (exact) mass is 428 g/mol. The third-order valence-electron chi connectivity index (χ3n) is 6.08. The Labute approximate surface area is 180 Å². The highest BCUT2D eigenvalue weighted by atomic mass is 16.6. The molecule has 3 aliphatic heterocycles. The highest BCUT2D eigenvalue weighted by Crippen LogP contribution is 2.45. The number of benzene rings is 1. The van der Waals surface area contributed by atoms with Gasteiger partial charge in [0.25, 0.3) is 5.91 Å². The summed E-state index contributed by atoms with van der Waals surface area (Å²) >= 11 is 0. The van der Waals surface area contributed by atoms with Crippen LogP contribution in [0.5, 0.6) is 5.75 Å². The molecule has 31 heavy (non-hydrogen) atoms. The Hall–Kier alpha value is -2.94. The molecule has 0 aromatic heterocycles. The van der Waals surface area contributed by atoms with E-state index in [1.165, 1.54) is 0 Å². The molecule has 2 saturated heterocycles. The highest BCUT2D eigenvalue weighted by molar-refractivity contribution is 6.06. The molecule has 0 radical (unpaired) electrons. The molecule has 0 aliphatic carbocycles. The lowest BCUT2D eigenvalue weighted by Gasteiger charge is -2.29. The van der Waals surface area contributed by atoms with Crippen molar-refractivity contribution in [1.29, 1.82) is 0 Å². The van der Waals surface area contributed by atoms with Crippen LogP contribution in [0.4, 0.5) is 4.79 Å². The zero-order valence-corrected chi connectivity index (χ0v) is 18.0.